The summed E-state index contributed by atoms with van der Waals surface area (Å²) < 4.78 is 0. The third-order valence-electron chi connectivity index (χ3n) is 2.04. The number of nitrogens with zero attached hydrogens (tertiary/aromatic N) is 4. The quantitative estimate of drug-likeness (QED) is 0.799. The van der Waals surface area contributed by atoms with Gasteiger partial charge in [0.1, 0.15) is 0 Å². The van der Waals surface area contributed by atoms with E-state index in [9.17, 15) is 0 Å². The van der Waals surface area contributed by atoms with Gasteiger partial charge in [-0.05, 0) is 18.0 Å². The zero-order valence-electron chi connectivity index (χ0n) is 9.61. The Bertz CT molecular complexity index is 343. The Morgan fingerprint density at radius 3 is 2.56 bits per heavy atom. The highest BCUT2D eigenvalue weighted by Crippen LogP contribution is 2.12. The molecule has 1 heterocycles. The van der Waals surface area contributed by atoms with Crippen LogP contribution < -0.4 is 10.2 Å². The van der Waals surface area contributed by atoms with E-state index >= 15 is 0 Å². The van der Waals surface area contributed by atoms with Gasteiger partial charge < -0.3 is 15.3 Å². The number of hydrogen-bond acceptors (Lipinski definition) is 6. The highest BCUT2D eigenvalue weighted by Gasteiger charge is 2.10. The van der Waals surface area contributed by atoms with Crippen molar-refractivity contribution in [3.05, 3.63) is 5.28 Å². The average molecular weight is 246 g/mol. The molecule has 2 N–H and O–H groups in total. The second-order valence-electron chi connectivity index (χ2n) is 3.55. The maximum absolute atomic E-state index is 9.06. The highest BCUT2D eigenvalue weighted by molar-refractivity contribution is 6.28. The van der Waals surface area contributed by atoms with Gasteiger partial charge in [-0.2, -0.15) is 15.0 Å². The molecule has 1 atom stereocenters. The summed E-state index contributed by atoms with van der Waals surface area (Å²) in [5.74, 6) is 0.861. The molecule has 1 aromatic rings. The third kappa shape index (κ3) is 3.46. The molecule has 0 amide bonds. The van der Waals surface area contributed by atoms with Crippen LogP contribution in [0.4, 0.5) is 11.9 Å². The molecule has 0 aliphatic carbocycles. The minimum absolute atomic E-state index is 0.0249. The van der Waals surface area contributed by atoms with Gasteiger partial charge >= 0.3 is 0 Å². The van der Waals surface area contributed by atoms with Gasteiger partial charge in [-0.3, -0.25) is 0 Å². The van der Waals surface area contributed by atoms with E-state index in [1.54, 1.807) is 4.90 Å². The number of nitrogens with one attached hydrogen (secondary N) is 1. The summed E-state index contributed by atoms with van der Waals surface area (Å²) in [5.41, 5.74) is 0. The number of halogens is 1. The zero-order chi connectivity index (χ0) is 12.1. The van der Waals surface area contributed by atoms with E-state index in [2.05, 4.69) is 20.3 Å². The summed E-state index contributed by atoms with van der Waals surface area (Å²) >= 11 is 5.77. The van der Waals surface area contributed by atoms with Crippen LogP contribution in [0.15, 0.2) is 0 Å². The van der Waals surface area contributed by atoms with Crippen LogP contribution in [-0.2, 0) is 0 Å². The zero-order valence-corrected chi connectivity index (χ0v) is 10.4. The standard InChI is InChI=1S/C9H16ClN5O/c1-4-6(5-16)11-8-12-7(10)13-9(14-8)15(2)3/h6,16H,4-5H2,1-3H3,(H,11,12,13,14)/t6-/m0/s1. The van der Waals surface area contributed by atoms with E-state index in [4.69, 9.17) is 16.7 Å². The van der Waals surface area contributed by atoms with Crippen molar-refractivity contribution < 1.29 is 5.11 Å². The van der Waals surface area contributed by atoms with Crippen LogP contribution in [0.2, 0.25) is 5.28 Å². The van der Waals surface area contributed by atoms with Crippen LogP contribution in [0.3, 0.4) is 0 Å². The molecule has 1 aromatic heterocycles. The molecule has 0 saturated carbocycles. The van der Waals surface area contributed by atoms with E-state index in [-0.39, 0.29) is 17.9 Å². The van der Waals surface area contributed by atoms with Crippen LogP contribution >= 0.6 is 11.6 Å². The lowest BCUT2D eigenvalue weighted by atomic mass is 10.2. The minimum atomic E-state index is -0.0755. The van der Waals surface area contributed by atoms with Gasteiger partial charge in [0.15, 0.2) is 0 Å². The van der Waals surface area contributed by atoms with Crippen molar-refractivity contribution in [3.63, 3.8) is 0 Å². The van der Waals surface area contributed by atoms with Gasteiger partial charge in [-0.25, -0.2) is 0 Å². The van der Waals surface area contributed by atoms with E-state index in [0.29, 0.717) is 11.9 Å². The van der Waals surface area contributed by atoms with Gasteiger partial charge in [0, 0.05) is 14.1 Å². The Balaban J connectivity index is 2.87. The second-order valence-corrected chi connectivity index (χ2v) is 3.89. The highest BCUT2D eigenvalue weighted by atomic mass is 35.5. The van der Waals surface area contributed by atoms with Gasteiger partial charge in [0.25, 0.3) is 0 Å². The van der Waals surface area contributed by atoms with Crippen LogP contribution in [0.1, 0.15) is 13.3 Å². The molecule has 0 unspecified atom stereocenters. The number of anilines is 2. The number of hydrogen-bond donors (Lipinski definition) is 2. The molecule has 0 aliphatic heterocycles. The average Bonchev–Trinajstić information content (AvgIpc) is 2.25. The molecule has 0 bridgehead atoms. The third-order valence-corrected chi connectivity index (χ3v) is 2.21. The summed E-state index contributed by atoms with van der Waals surface area (Å²) in [4.78, 5) is 13.8. The molecule has 90 valence electrons. The smallest absolute Gasteiger partial charge is 0.230 e. The van der Waals surface area contributed by atoms with Crippen molar-refractivity contribution >= 4 is 23.5 Å². The Kier molecular flexibility index (Phi) is 4.70. The summed E-state index contributed by atoms with van der Waals surface area (Å²) in [7, 11) is 3.64. The molecule has 0 spiro atoms. The second kappa shape index (κ2) is 5.81. The molecule has 0 saturated heterocycles. The lowest BCUT2D eigenvalue weighted by molar-refractivity contribution is 0.271. The van der Waals surface area contributed by atoms with Crippen LogP contribution in [-0.4, -0.2) is 46.8 Å². The van der Waals surface area contributed by atoms with Crippen molar-refractivity contribution in [2.45, 2.75) is 19.4 Å². The van der Waals surface area contributed by atoms with Gasteiger partial charge in [0.05, 0.1) is 12.6 Å². The Labute approximate surface area is 99.7 Å². The van der Waals surface area contributed by atoms with Crippen LogP contribution in [0, 0.1) is 0 Å². The van der Waals surface area contributed by atoms with Gasteiger partial charge in [0.2, 0.25) is 17.2 Å². The first-order valence-corrected chi connectivity index (χ1v) is 5.41. The summed E-state index contributed by atoms with van der Waals surface area (Å²) in [5, 5.41) is 12.2. The number of aliphatic hydroxyl groups excluding tert-OH is 1. The maximum atomic E-state index is 9.06. The van der Waals surface area contributed by atoms with Crippen LogP contribution in [0.5, 0.6) is 0 Å². The normalized spacial score (nSPS) is 12.3. The molecule has 16 heavy (non-hydrogen) atoms. The van der Waals surface area contributed by atoms with Crippen molar-refractivity contribution in [2.75, 3.05) is 30.9 Å². The SMILES string of the molecule is CC[C@@H](CO)Nc1nc(Cl)nc(N(C)C)n1. The summed E-state index contributed by atoms with van der Waals surface area (Å²) in [6, 6.07) is -0.0755. The molecule has 0 aromatic carbocycles. The topological polar surface area (TPSA) is 74.2 Å². The van der Waals surface area contributed by atoms with Crippen LogP contribution in [0.25, 0.3) is 0 Å². The fourth-order valence-electron chi connectivity index (χ4n) is 1.06. The first-order chi connectivity index (χ1) is 7.56. The maximum Gasteiger partial charge on any atom is 0.230 e. The van der Waals surface area contributed by atoms with Gasteiger partial charge in [-0.1, -0.05) is 6.92 Å². The minimum Gasteiger partial charge on any atom is -0.394 e. The van der Waals surface area contributed by atoms with Crippen molar-refractivity contribution in [1.29, 1.82) is 0 Å². The molecule has 7 heteroatoms. The first-order valence-electron chi connectivity index (χ1n) is 5.03. The van der Waals surface area contributed by atoms with E-state index in [1.807, 2.05) is 21.0 Å². The van der Waals surface area contributed by atoms with Crippen molar-refractivity contribution in [3.8, 4) is 0 Å². The lowest BCUT2D eigenvalue weighted by Crippen LogP contribution is -2.25. The molecular weight excluding hydrogens is 230 g/mol. The van der Waals surface area contributed by atoms with E-state index in [1.165, 1.54) is 0 Å². The summed E-state index contributed by atoms with van der Waals surface area (Å²) in [6.07, 6.45) is 0.775. The molecule has 0 aliphatic rings. The fraction of sp³-hybridized carbons (Fsp3) is 0.667. The Hall–Kier alpha value is -1.14. The number of aliphatic hydroxyl groups is 1. The molecule has 0 fully saturated rings. The largest absolute Gasteiger partial charge is 0.394 e. The van der Waals surface area contributed by atoms with Crippen molar-refractivity contribution in [1.82, 2.24) is 15.0 Å². The predicted octanol–water partition coefficient (Wildman–Crippen LogP) is 0.774. The van der Waals surface area contributed by atoms with E-state index < -0.39 is 0 Å². The van der Waals surface area contributed by atoms with Gasteiger partial charge in [-0.15, -0.1) is 0 Å². The Morgan fingerprint density at radius 1 is 1.38 bits per heavy atom. The first kappa shape index (κ1) is 12.9. The molecule has 1 rings (SSSR count). The number of rotatable bonds is 5. The molecular formula is C9H16ClN5O. The molecule has 6 nitrogen and oxygen atoms in total. The van der Waals surface area contributed by atoms with Crippen molar-refractivity contribution in [2.24, 2.45) is 0 Å². The number of aromatic nitrogens is 3. The Morgan fingerprint density at radius 2 is 2.06 bits per heavy atom. The lowest BCUT2D eigenvalue weighted by Gasteiger charge is -2.16. The summed E-state index contributed by atoms with van der Waals surface area (Å²) in [6.45, 7) is 1.99. The predicted molar refractivity (Wildman–Crippen MR) is 64.0 cm³/mol. The monoisotopic (exact) mass is 245 g/mol. The fourth-order valence-corrected chi connectivity index (χ4v) is 1.22. The van der Waals surface area contributed by atoms with E-state index in [0.717, 1.165) is 6.42 Å². The molecule has 0 radical (unpaired) electrons.